The van der Waals surface area contributed by atoms with Gasteiger partial charge in [-0.3, -0.25) is 4.79 Å². The van der Waals surface area contributed by atoms with Crippen molar-refractivity contribution in [1.82, 2.24) is 26.3 Å². The minimum atomic E-state index is -0.278. The van der Waals surface area contributed by atoms with Gasteiger partial charge >= 0.3 is 0 Å². The number of carbonyl (C=O) groups is 1. The fourth-order valence-corrected chi connectivity index (χ4v) is 2.33. The van der Waals surface area contributed by atoms with Crippen LogP contribution in [0.5, 0.6) is 0 Å². The summed E-state index contributed by atoms with van der Waals surface area (Å²) in [5, 5.41) is 6.47. The number of benzene rings is 1. The molecule has 21 heavy (non-hydrogen) atoms. The van der Waals surface area contributed by atoms with Gasteiger partial charge in [-0.05, 0) is 18.9 Å². The largest absolute Gasteiger partial charge is 0.346 e. The van der Waals surface area contributed by atoms with Gasteiger partial charge in [0.15, 0.2) is 5.82 Å². The molecule has 7 heteroatoms. The second-order valence-corrected chi connectivity index (χ2v) is 4.99. The maximum absolute atomic E-state index is 12.1. The van der Waals surface area contributed by atoms with Crippen LogP contribution in [0.4, 0.5) is 0 Å². The summed E-state index contributed by atoms with van der Waals surface area (Å²) in [5.41, 5.74) is 7.32. The van der Waals surface area contributed by atoms with Gasteiger partial charge in [-0.25, -0.2) is 10.9 Å². The molecule has 7 nitrogen and oxygen atoms in total. The highest BCUT2D eigenvalue weighted by atomic mass is 16.5. The highest BCUT2D eigenvalue weighted by molar-refractivity contribution is 5.81. The Balaban J connectivity index is 1.52. The van der Waals surface area contributed by atoms with E-state index in [1.54, 1.807) is 6.92 Å². The topological polar surface area (TPSA) is 92.1 Å². The van der Waals surface area contributed by atoms with E-state index in [1.807, 2.05) is 30.3 Å². The lowest BCUT2D eigenvalue weighted by atomic mass is 10.0. The average Bonchev–Trinajstić information content (AvgIpc) is 3.15. The molecule has 1 aliphatic heterocycles. The van der Waals surface area contributed by atoms with Gasteiger partial charge in [-0.1, -0.05) is 35.5 Å². The molecule has 2 atom stereocenters. The SMILES string of the molecule is Cc1noc(CNC(=O)C2CC(c3ccccc3)NN2)n1. The van der Waals surface area contributed by atoms with Crippen LogP contribution in [0.15, 0.2) is 34.9 Å². The van der Waals surface area contributed by atoms with E-state index >= 15 is 0 Å². The Bertz CT molecular complexity index is 613. The van der Waals surface area contributed by atoms with Crippen molar-refractivity contribution in [2.24, 2.45) is 0 Å². The highest BCUT2D eigenvalue weighted by Gasteiger charge is 2.29. The molecule has 2 aromatic rings. The van der Waals surface area contributed by atoms with Crippen molar-refractivity contribution in [3.8, 4) is 0 Å². The number of nitrogens with one attached hydrogen (secondary N) is 3. The Labute approximate surface area is 122 Å². The predicted molar refractivity (Wildman–Crippen MR) is 74.7 cm³/mol. The van der Waals surface area contributed by atoms with E-state index in [-0.39, 0.29) is 24.5 Å². The molecular formula is C14H17N5O2. The van der Waals surface area contributed by atoms with Gasteiger partial charge in [-0.2, -0.15) is 4.98 Å². The molecule has 2 unspecified atom stereocenters. The zero-order valence-electron chi connectivity index (χ0n) is 11.7. The van der Waals surface area contributed by atoms with Crippen LogP contribution in [0.3, 0.4) is 0 Å². The van der Waals surface area contributed by atoms with E-state index < -0.39 is 0 Å². The second kappa shape index (κ2) is 6.02. The van der Waals surface area contributed by atoms with Gasteiger partial charge in [0, 0.05) is 6.04 Å². The molecule has 0 spiro atoms. The summed E-state index contributed by atoms with van der Waals surface area (Å²) in [5.74, 6) is 0.882. The lowest BCUT2D eigenvalue weighted by Gasteiger charge is -2.09. The van der Waals surface area contributed by atoms with E-state index in [2.05, 4.69) is 26.3 Å². The number of nitrogens with zero attached hydrogens (tertiary/aromatic N) is 2. The molecule has 1 aliphatic rings. The van der Waals surface area contributed by atoms with Crippen LogP contribution in [0, 0.1) is 6.92 Å². The first kappa shape index (κ1) is 13.7. The third-order valence-electron chi connectivity index (χ3n) is 3.41. The van der Waals surface area contributed by atoms with Crippen molar-refractivity contribution in [2.45, 2.75) is 32.0 Å². The molecule has 0 bridgehead atoms. The standard InChI is InChI=1S/C14H17N5O2/c1-9-16-13(21-19-9)8-15-14(20)12-7-11(17-18-12)10-5-3-2-4-6-10/h2-6,11-12,17-18H,7-8H2,1H3,(H,15,20). The zero-order chi connectivity index (χ0) is 14.7. The second-order valence-electron chi connectivity index (χ2n) is 4.99. The molecule has 3 N–H and O–H groups in total. The molecule has 2 heterocycles. The van der Waals surface area contributed by atoms with Crippen molar-refractivity contribution in [2.75, 3.05) is 0 Å². The summed E-state index contributed by atoms with van der Waals surface area (Å²) in [6.07, 6.45) is 0.693. The van der Waals surface area contributed by atoms with Crippen molar-refractivity contribution in [3.63, 3.8) is 0 Å². The maximum atomic E-state index is 12.1. The third-order valence-corrected chi connectivity index (χ3v) is 3.41. The normalized spacial score (nSPS) is 21.4. The molecule has 3 rings (SSSR count). The van der Waals surface area contributed by atoms with Gasteiger partial charge in [0.25, 0.3) is 0 Å². The summed E-state index contributed by atoms with van der Waals surface area (Å²) in [4.78, 5) is 16.1. The summed E-state index contributed by atoms with van der Waals surface area (Å²) in [6.45, 7) is 1.98. The molecule has 0 radical (unpaired) electrons. The Morgan fingerprint density at radius 1 is 1.38 bits per heavy atom. The fraction of sp³-hybridized carbons (Fsp3) is 0.357. The molecule has 110 valence electrons. The summed E-state index contributed by atoms with van der Waals surface area (Å²) in [7, 11) is 0. The molecule has 1 amide bonds. The zero-order valence-corrected chi connectivity index (χ0v) is 11.7. The van der Waals surface area contributed by atoms with E-state index in [1.165, 1.54) is 0 Å². The summed E-state index contributed by atoms with van der Waals surface area (Å²) < 4.78 is 4.96. The van der Waals surface area contributed by atoms with Crippen LogP contribution in [-0.4, -0.2) is 22.1 Å². The number of amides is 1. The number of hydrazine groups is 1. The van der Waals surface area contributed by atoms with Crippen LogP contribution < -0.4 is 16.2 Å². The first-order valence-corrected chi connectivity index (χ1v) is 6.85. The summed E-state index contributed by atoms with van der Waals surface area (Å²) in [6, 6.07) is 9.89. The molecular weight excluding hydrogens is 270 g/mol. The predicted octanol–water partition coefficient (Wildman–Crippen LogP) is 0.602. The number of hydrogen-bond acceptors (Lipinski definition) is 6. The number of aromatic nitrogens is 2. The minimum Gasteiger partial charge on any atom is -0.346 e. The third kappa shape index (κ3) is 3.26. The van der Waals surface area contributed by atoms with Gasteiger partial charge in [0.1, 0.15) is 6.04 Å². The van der Waals surface area contributed by atoms with Crippen molar-refractivity contribution < 1.29 is 9.32 Å². The molecule has 0 saturated carbocycles. The van der Waals surface area contributed by atoms with Gasteiger partial charge in [0.2, 0.25) is 11.8 Å². The molecule has 1 aromatic carbocycles. The van der Waals surface area contributed by atoms with Crippen molar-refractivity contribution in [1.29, 1.82) is 0 Å². The molecule has 1 aromatic heterocycles. The van der Waals surface area contributed by atoms with Gasteiger partial charge in [-0.15, -0.1) is 0 Å². The monoisotopic (exact) mass is 287 g/mol. The maximum Gasteiger partial charge on any atom is 0.246 e. The Kier molecular flexibility index (Phi) is 3.94. The quantitative estimate of drug-likeness (QED) is 0.763. The van der Waals surface area contributed by atoms with Crippen LogP contribution in [-0.2, 0) is 11.3 Å². The average molecular weight is 287 g/mol. The van der Waals surface area contributed by atoms with E-state index in [9.17, 15) is 4.79 Å². The number of carbonyl (C=O) groups excluding carboxylic acids is 1. The van der Waals surface area contributed by atoms with E-state index in [0.29, 0.717) is 18.1 Å². The molecule has 1 saturated heterocycles. The Morgan fingerprint density at radius 3 is 2.90 bits per heavy atom. The smallest absolute Gasteiger partial charge is 0.246 e. The van der Waals surface area contributed by atoms with Crippen molar-refractivity contribution in [3.05, 3.63) is 47.6 Å². The van der Waals surface area contributed by atoms with Crippen LogP contribution in [0.25, 0.3) is 0 Å². The first-order valence-electron chi connectivity index (χ1n) is 6.85. The number of hydrogen-bond donors (Lipinski definition) is 3. The number of rotatable bonds is 4. The first-order chi connectivity index (χ1) is 10.2. The van der Waals surface area contributed by atoms with Crippen LogP contribution in [0.2, 0.25) is 0 Å². The number of aryl methyl sites for hydroxylation is 1. The lowest BCUT2D eigenvalue weighted by Crippen LogP contribution is -2.42. The molecule has 0 aliphatic carbocycles. The Morgan fingerprint density at radius 2 is 2.19 bits per heavy atom. The van der Waals surface area contributed by atoms with Gasteiger partial charge in [0.05, 0.1) is 6.54 Å². The van der Waals surface area contributed by atoms with Gasteiger partial charge < -0.3 is 9.84 Å². The minimum absolute atomic E-state index is 0.0863. The summed E-state index contributed by atoms with van der Waals surface area (Å²) >= 11 is 0. The lowest BCUT2D eigenvalue weighted by molar-refractivity contribution is -0.123. The fourth-order valence-electron chi connectivity index (χ4n) is 2.33. The molecule has 1 fully saturated rings. The van der Waals surface area contributed by atoms with Crippen LogP contribution >= 0.6 is 0 Å². The van der Waals surface area contributed by atoms with Crippen LogP contribution in [0.1, 0.15) is 29.7 Å². The van der Waals surface area contributed by atoms with Crippen molar-refractivity contribution >= 4 is 5.91 Å². The highest BCUT2D eigenvalue weighted by Crippen LogP contribution is 2.21. The Hall–Kier alpha value is -2.25. The van der Waals surface area contributed by atoms with E-state index in [4.69, 9.17) is 4.52 Å². The van der Waals surface area contributed by atoms with E-state index in [0.717, 1.165) is 5.56 Å².